The molecular weight excluding hydrogens is 526 g/mol. The molecule has 1 aliphatic carbocycles. The number of rotatable bonds is 9. The van der Waals surface area contributed by atoms with Gasteiger partial charge in [-0.25, -0.2) is 4.90 Å². The van der Waals surface area contributed by atoms with Crippen LogP contribution in [0.4, 0.5) is 17.1 Å². The molecule has 1 heterocycles. The highest BCUT2D eigenvalue weighted by atomic mass is 32.2. The number of hydrogen-bond donors (Lipinski definition) is 2. The lowest BCUT2D eigenvalue weighted by Crippen LogP contribution is -2.32. The molecule has 40 heavy (non-hydrogen) atoms. The van der Waals surface area contributed by atoms with Crippen LogP contribution in [-0.2, 0) is 14.4 Å². The summed E-state index contributed by atoms with van der Waals surface area (Å²) in [5.41, 5.74) is 2.89. The van der Waals surface area contributed by atoms with Gasteiger partial charge in [0, 0.05) is 28.3 Å². The van der Waals surface area contributed by atoms with E-state index in [1.54, 1.807) is 18.2 Å². The SMILES string of the molecule is COc1ccc(N2C(=O)C(Nc3ccc(C)cc3)=C(Sc3cccc(NC(=O)C4CCCC4)c3)C2=O)c(OC)c1. The molecular formula is C31H31N3O5S. The maximum absolute atomic E-state index is 13.9. The number of methoxy groups -OCH3 is 2. The van der Waals surface area contributed by atoms with Gasteiger partial charge >= 0.3 is 0 Å². The summed E-state index contributed by atoms with van der Waals surface area (Å²) in [6.07, 6.45) is 3.96. The molecule has 1 aliphatic heterocycles. The Labute approximate surface area is 237 Å². The van der Waals surface area contributed by atoms with Crippen molar-refractivity contribution in [3.05, 3.63) is 82.9 Å². The monoisotopic (exact) mass is 557 g/mol. The van der Waals surface area contributed by atoms with Crippen molar-refractivity contribution in [3.63, 3.8) is 0 Å². The van der Waals surface area contributed by atoms with Gasteiger partial charge in [0.2, 0.25) is 5.91 Å². The Balaban J connectivity index is 1.48. The van der Waals surface area contributed by atoms with E-state index < -0.39 is 11.8 Å². The summed E-state index contributed by atoms with van der Waals surface area (Å²) in [5, 5.41) is 6.19. The highest BCUT2D eigenvalue weighted by Crippen LogP contribution is 2.42. The van der Waals surface area contributed by atoms with E-state index in [0.29, 0.717) is 33.5 Å². The van der Waals surface area contributed by atoms with Crippen molar-refractivity contribution in [2.24, 2.45) is 5.92 Å². The Bertz CT molecular complexity index is 1480. The van der Waals surface area contributed by atoms with Gasteiger partial charge in [0.25, 0.3) is 11.8 Å². The second-order valence-electron chi connectivity index (χ2n) is 9.78. The van der Waals surface area contributed by atoms with Crippen LogP contribution in [0.25, 0.3) is 0 Å². The summed E-state index contributed by atoms with van der Waals surface area (Å²) < 4.78 is 10.8. The van der Waals surface area contributed by atoms with Gasteiger partial charge in [0.05, 0.1) is 19.9 Å². The van der Waals surface area contributed by atoms with E-state index in [0.717, 1.165) is 36.1 Å². The number of anilines is 3. The number of carbonyl (C=O) groups is 3. The average Bonchev–Trinajstić information content (AvgIpc) is 3.58. The van der Waals surface area contributed by atoms with Crippen molar-refractivity contribution < 1.29 is 23.9 Å². The van der Waals surface area contributed by atoms with Crippen molar-refractivity contribution in [2.75, 3.05) is 29.8 Å². The molecule has 0 radical (unpaired) electrons. The van der Waals surface area contributed by atoms with Crippen LogP contribution in [0.2, 0.25) is 0 Å². The number of imide groups is 1. The predicted octanol–water partition coefficient (Wildman–Crippen LogP) is 6.13. The Morgan fingerprint density at radius 2 is 1.65 bits per heavy atom. The number of carbonyl (C=O) groups excluding carboxylic acids is 3. The normalized spacial score (nSPS) is 15.5. The van der Waals surface area contributed by atoms with Gasteiger partial charge in [-0.15, -0.1) is 0 Å². The quantitative estimate of drug-likeness (QED) is 0.306. The smallest absolute Gasteiger partial charge is 0.283 e. The first kappa shape index (κ1) is 27.3. The van der Waals surface area contributed by atoms with E-state index in [4.69, 9.17) is 9.47 Å². The number of ether oxygens (including phenoxy) is 2. The summed E-state index contributed by atoms with van der Waals surface area (Å²) >= 11 is 1.17. The number of thioether (sulfide) groups is 1. The fourth-order valence-corrected chi connectivity index (χ4v) is 5.86. The number of aryl methyl sites for hydroxylation is 1. The Morgan fingerprint density at radius 1 is 0.900 bits per heavy atom. The zero-order chi connectivity index (χ0) is 28.2. The molecule has 0 spiro atoms. The van der Waals surface area contributed by atoms with Gasteiger partial charge in [0.15, 0.2) is 0 Å². The first-order valence-corrected chi connectivity index (χ1v) is 14.0. The molecule has 3 amide bonds. The largest absolute Gasteiger partial charge is 0.497 e. The van der Waals surface area contributed by atoms with E-state index >= 15 is 0 Å². The van der Waals surface area contributed by atoms with Gasteiger partial charge in [-0.3, -0.25) is 14.4 Å². The molecule has 2 N–H and O–H groups in total. The van der Waals surface area contributed by atoms with Gasteiger partial charge in [-0.05, 0) is 62.2 Å². The van der Waals surface area contributed by atoms with Crippen LogP contribution in [0.15, 0.2) is 82.2 Å². The molecule has 3 aromatic rings. The molecule has 0 unspecified atom stereocenters. The molecule has 8 nitrogen and oxygen atoms in total. The van der Waals surface area contributed by atoms with Crippen molar-refractivity contribution in [3.8, 4) is 11.5 Å². The Kier molecular flexibility index (Phi) is 8.11. The second-order valence-corrected chi connectivity index (χ2v) is 10.9. The minimum atomic E-state index is -0.498. The average molecular weight is 558 g/mol. The predicted molar refractivity (Wildman–Crippen MR) is 157 cm³/mol. The first-order valence-electron chi connectivity index (χ1n) is 13.2. The summed E-state index contributed by atoms with van der Waals surface area (Å²) in [4.78, 5) is 42.4. The molecule has 1 saturated carbocycles. The van der Waals surface area contributed by atoms with Crippen molar-refractivity contribution >= 4 is 46.5 Å². The van der Waals surface area contributed by atoms with E-state index in [-0.39, 0.29) is 22.4 Å². The first-order chi connectivity index (χ1) is 19.4. The highest BCUT2D eigenvalue weighted by molar-refractivity contribution is 8.04. The number of amides is 3. The van der Waals surface area contributed by atoms with Gasteiger partial charge in [-0.1, -0.05) is 48.4 Å². The van der Waals surface area contributed by atoms with Gasteiger partial charge in [-0.2, -0.15) is 0 Å². The molecule has 9 heteroatoms. The van der Waals surface area contributed by atoms with Crippen LogP contribution in [0, 0.1) is 12.8 Å². The third-order valence-electron chi connectivity index (χ3n) is 7.04. The highest BCUT2D eigenvalue weighted by Gasteiger charge is 2.41. The van der Waals surface area contributed by atoms with Crippen molar-refractivity contribution in [1.29, 1.82) is 0 Å². The van der Waals surface area contributed by atoms with Crippen LogP contribution >= 0.6 is 11.8 Å². The number of hydrogen-bond acceptors (Lipinski definition) is 7. The molecule has 0 atom stereocenters. The molecule has 0 bridgehead atoms. The Hall–Kier alpha value is -4.24. The third kappa shape index (κ3) is 5.70. The van der Waals surface area contributed by atoms with Gasteiger partial charge < -0.3 is 20.1 Å². The van der Waals surface area contributed by atoms with Crippen LogP contribution in [0.1, 0.15) is 31.2 Å². The van der Waals surface area contributed by atoms with Crippen LogP contribution < -0.4 is 25.0 Å². The lowest BCUT2D eigenvalue weighted by Gasteiger charge is -2.19. The molecule has 0 saturated heterocycles. The number of benzene rings is 3. The van der Waals surface area contributed by atoms with Crippen molar-refractivity contribution in [2.45, 2.75) is 37.5 Å². The van der Waals surface area contributed by atoms with Crippen molar-refractivity contribution in [1.82, 2.24) is 0 Å². The summed E-state index contributed by atoms with van der Waals surface area (Å²) in [6, 6.07) is 19.8. The standard InChI is InChI=1S/C31H31N3O5S/c1-19-11-13-21(14-12-19)32-27-28(31(37)34(30(27)36)25-16-15-23(38-2)18-26(25)39-3)40-24-10-6-9-22(17-24)33-29(35)20-7-4-5-8-20/h6,9-18,20,32H,4-5,7-8H2,1-3H3,(H,33,35). The number of nitrogens with one attached hydrogen (secondary N) is 2. The third-order valence-corrected chi connectivity index (χ3v) is 8.11. The molecule has 206 valence electrons. The zero-order valence-corrected chi connectivity index (χ0v) is 23.5. The molecule has 1 fully saturated rings. The van der Waals surface area contributed by atoms with Crippen LogP contribution in [0.5, 0.6) is 11.5 Å². The fraction of sp³-hybridized carbons (Fsp3) is 0.258. The minimum absolute atomic E-state index is 0.0190. The zero-order valence-electron chi connectivity index (χ0n) is 22.7. The molecule has 5 rings (SSSR count). The lowest BCUT2D eigenvalue weighted by molar-refractivity contribution is -0.121. The molecule has 3 aromatic carbocycles. The minimum Gasteiger partial charge on any atom is -0.497 e. The topological polar surface area (TPSA) is 97.0 Å². The number of nitrogens with zero attached hydrogens (tertiary/aromatic N) is 1. The van der Waals surface area contributed by atoms with E-state index in [1.165, 1.54) is 26.0 Å². The summed E-state index contributed by atoms with van der Waals surface area (Å²) in [6.45, 7) is 1.98. The van der Waals surface area contributed by atoms with Crippen LogP contribution in [0.3, 0.4) is 0 Å². The van der Waals surface area contributed by atoms with Crippen LogP contribution in [-0.4, -0.2) is 31.9 Å². The van der Waals surface area contributed by atoms with Gasteiger partial charge in [0.1, 0.15) is 22.1 Å². The van der Waals surface area contributed by atoms with E-state index in [1.807, 2.05) is 55.5 Å². The summed E-state index contributed by atoms with van der Waals surface area (Å²) in [5.74, 6) is -0.0529. The maximum atomic E-state index is 13.9. The fourth-order valence-electron chi connectivity index (χ4n) is 4.87. The Morgan fingerprint density at radius 3 is 2.35 bits per heavy atom. The second kappa shape index (κ2) is 11.9. The maximum Gasteiger partial charge on any atom is 0.283 e. The molecule has 0 aromatic heterocycles. The molecule has 2 aliphatic rings. The van der Waals surface area contributed by atoms with E-state index in [2.05, 4.69) is 10.6 Å². The summed E-state index contributed by atoms with van der Waals surface area (Å²) in [7, 11) is 3.01. The van der Waals surface area contributed by atoms with E-state index in [9.17, 15) is 14.4 Å². The lowest BCUT2D eigenvalue weighted by atomic mass is 10.1.